The minimum absolute atomic E-state index is 0.0215. The molecule has 2 saturated carbocycles. The minimum Gasteiger partial charge on any atom is -0.508 e. The highest BCUT2D eigenvalue weighted by Gasteiger charge is 2.69. The lowest BCUT2D eigenvalue weighted by Crippen LogP contribution is -2.59. The molecule has 1 heterocycles. The standard InChI is InChI=1S/C21H30O2/c1-5-6-7-8-13-11-15(22)17-16(12-13)23-21(4)10-9-14-18(21)19(17)20(14,2)3/h11-12,14,18-19,22H,5-10H2,1-4H3/t14-,18+,19-,21-/m0/s1. The molecule has 1 aromatic rings. The molecule has 4 rings (SSSR count). The van der Waals surface area contributed by atoms with Gasteiger partial charge in [-0.3, -0.25) is 0 Å². The Morgan fingerprint density at radius 1 is 1.22 bits per heavy atom. The number of aromatic hydroxyl groups is 1. The lowest BCUT2D eigenvalue weighted by Gasteiger charge is -2.62. The van der Waals surface area contributed by atoms with Crippen molar-refractivity contribution in [3.8, 4) is 11.5 Å². The summed E-state index contributed by atoms with van der Waals surface area (Å²) in [7, 11) is 0. The summed E-state index contributed by atoms with van der Waals surface area (Å²) in [6.45, 7) is 9.29. The molecule has 1 aliphatic heterocycles. The number of benzene rings is 1. The van der Waals surface area contributed by atoms with E-state index in [1.54, 1.807) is 0 Å². The van der Waals surface area contributed by atoms with Gasteiger partial charge in [-0.1, -0.05) is 33.6 Å². The van der Waals surface area contributed by atoms with E-state index in [1.807, 2.05) is 6.07 Å². The van der Waals surface area contributed by atoms with Crippen LogP contribution in [0.5, 0.6) is 11.5 Å². The van der Waals surface area contributed by atoms with Crippen LogP contribution < -0.4 is 4.74 Å². The third-order valence-corrected chi connectivity index (χ3v) is 7.11. The van der Waals surface area contributed by atoms with E-state index in [0.717, 1.165) is 30.1 Å². The number of fused-ring (bicyclic) bond motifs is 2. The summed E-state index contributed by atoms with van der Waals surface area (Å²) in [6, 6.07) is 4.22. The average Bonchev–Trinajstić information content (AvgIpc) is 2.81. The highest BCUT2D eigenvalue weighted by molar-refractivity contribution is 5.55. The van der Waals surface area contributed by atoms with Crippen LogP contribution in [0.2, 0.25) is 0 Å². The molecule has 1 aromatic carbocycles. The van der Waals surface area contributed by atoms with Crippen LogP contribution in [0.3, 0.4) is 0 Å². The normalized spacial score (nSPS) is 35.9. The molecule has 23 heavy (non-hydrogen) atoms. The van der Waals surface area contributed by atoms with E-state index in [9.17, 15) is 5.11 Å². The summed E-state index contributed by atoms with van der Waals surface area (Å²) in [6.07, 6.45) is 7.12. The van der Waals surface area contributed by atoms with Crippen molar-refractivity contribution in [2.75, 3.05) is 0 Å². The van der Waals surface area contributed by atoms with Crippen LogP contribution in [0.1, 0.15) is 76.8 Å². The highest BCUT2D eigenvalue weighted by atomic mass is 16.5. The molecule has 1 N–H and O–H groups in total. The van der Waals surface area contributed by atoms with Gasteiger partial charge in [0.1, 0.15) is 17.1 Å². The highest BCUT2D eigenvalue weighted by Crippen LogP contribution is 2.74. The summed E-state index contributed by atoms with van der Waals surface area (Å²) in [5.41, 5.74) is 2.58. The predicted octanol–water partition coefficient (Wildman–Crippen LogP) is 5.43. The van der Waals surface area contributed by atoms with Gasteiger partial charge in [0.05, 0.1) is 0 Å². The number of hydrogen-bond donors (Lipinski definition) is 1. The molecular weight excluding hydrogens is 284 g/mol. The van der Waals surface area contributed by atoms with E-state index < -0.39 is 0 Å². The van der Waals surface area contributed by atoms with Gasteiger partial charge in [0, 0.05) is 17.4 Å². The van der Waals surface area contributed by atoms with Crippen LogP contribution in [-0.4, -0.2) is 10.7 Å². The Morgan fingerprint density at radius 3 is 2.74 bits per heavy atom. The number of aryl methyl sites for hydroxylation is 1. The molecule has 0 aromatic heterocycles. The first kappa shape index (κ1) is 15.4. The SMILES string of the molecule is CCCCCc1cc(O)c2c(c1)O[C@@]1(C)CC[C@H]3[C@@H]1[C@H]2C3(C)C. The number of unbranched alkanes of at least 4 members (excludes halogenated alkanes) is 2. The van der Waals surface area contributed by atoms with Crippen LogP contribution in [0, 0.1) is 17.3 Å². The second-order valence-electron chi connectivity index (χ2n) is 8.87. The minimum atomic E-state index is -0.0215. The Hall–Kier alpha value is -1.18. The second kappa shape index (κ2) is 4.91. The average molecular weight is 314 g/mol. The molecule has 126 valence electrons. The van der Waals surface area contributed by atoms with Crippen LogP contribution in [0.15, 0.2) is 12.1 Å². The Morgan fingerprint density at radius 2 is 2.00 bits per heavy atom. The smallest absolute Gasteiger partial charge is 0.127 e. The first-order valence-corrected chi connectivity index (χ1v) is 9.43. The van der Waals surface area contributed by atoms with Crippen molar-refractivity contribution in [3.63, 3.8) is 0 Å². The van der Waals surface area contributed by atoms with Crippen molar-refractivity contribution >= 4 is 0 Å². The Kier molecular flexibility index (Phi) is 3.28. The van der Waals surface area contributed by atoms with Gasteiger partial charge in [-0.2, -0.15) is 0 Å². The van der Waals surface area contributed by atoms with Crippen LogP contribution in [0.4, 0.5) is 0 Å². The summed E-state index contributed by atoms with van der Waals surface area (Å²) < 4.78 is 6.51. The Bertz CT molecular complexity index is 633. The fourth-order valence-electron chi connectivity index (χ4n) is 5.92. The third-order valence-electron chi connectivity index (χ3n) is 7.11. The van der Waals surface area contributed by atoms with Crippen molar-refractivity contribution in [1.82, 2.24) is 0 Å². The zero-order chi connectivity index (χ0) is 16.4. The fraction of sp³-hybridized carbons (Fsp3) is 0.714. The summed E-state index contributed by atoms with van der Waals surface area (Å²) in [4.78, 5) is 0. The first-order valence-electron chi connectivity index (χ1n) is 9.43. The van der Waals surface area contributed by atoms with E-state index >= 15 is 0 Å². The van der Waals surface area contributed by atoms with Gasteiger partial charge in [-0.05, 0) is 61.6 Å². The van der Waals surface area contributed by atoms with Gasteiger partial charge in [0.2, 0.25) is 0 Å². The van der Waals surface area contributed by atoms with Crippen molar-refractivity contribution in [2.45, 2.75) is 77.7 Å². The molecular formula is C21H30O2. The zero-order valence-electron chi connectivity index (χ0n) is 15.0. The number of phenols is 1. The van der Waals surface area contributed by atoms with E-state index in [2.05, 4.69) is 33.8 Å². The molecule has 0 saturated heterocycles. The molecule has 2 aliphatic carbocycles. The molecule has 2 fully saturated rings. The number of rotatable bonds is 4. The number of ether oxygens (including phenoxy) is 1. The predicted molar refractivity (Wildman–Crippen MR) is 93.1 cm³/mol. The van der Waals surface area contributed by atoms with Gasteiger partial charge in [-0.25, -0.2) is 0 Å². The summed E-state index contributed by atoms with van der Waals surface area (Å²) >= 11 is 0. The monoisotopic (exact) mass is 314 g/mol. The zero-order valence-corrected chi connectivity index (χ0v) is 15.0. The third kappa shape index (κ3) is 1.99. The number of phenolic OH excluding ortho intramolecular Hbond substituents is 1. The van der Waals surface area contributed by atoms with Crippen molar-refractivity contribution in [2.24, 2.45) is 17.3 Å². The van der Waals surface area contributed by atoms with Gasteiger partial charge < -0.3 is 9.84 Å². The summed E-state index contributed by atoms with van der Waals surface area (Å²) in [5.74, 6) is 3.22. The molecule has 0 bridgehead atoms. The van der Waals surface area contributed by atoms with Gasteiger partial charge in [-0.15, -0.1) is 0 Å². The Labute approximate surface area is 140 Å². The Balaban J connectivity index is 1.73. The fourth-order valence-corrected chi connectivity index (χ4v) is 5.92. The van der Waals surface area contributed by atoms with Gasteiger partial charge in [0.15, 0.2) is 0 Å². The lowest BCUT2D eigenvalue weighted by molar-refractivity contribution is -0.121. The molecule has 0 radical (unpaired) electrons. The van der Waals surface area contributed by atoms with E-state index in [0.29, 0.717) is 17.6 Å². The second-order valence-corrected chi connectivity index (χ2v) is 8.87. The number of hydrogen-bond acceptors (Lipinski definition) is 2. The van der Waals surface area contributed by atoms with Crippen LogP contribution in [0.25, 0.3) is 0 Å². The van der Waals surface area contributed by atoms with E-state index in [4.69, 9.17) is 4.74 Å². The van der Waals surface area contributed by atoms with Crippen molar-refractivity contribution < 1.29 is 9.84 Å². The lowest BCUT2D eigenvalue weighted by atomic mass is 9.45. The first-order chi connectivity index (χ1) is 10.9. The maximum Gasteiger partial charge on any atom is 0.127 e. The topological polar surface area (TPSA) is 29.5 Å². The van der Waals surface area contributed by atoms with E-state index in [-0.39, 0.29) is 11.0 Å². The van der Waals surface area contributed by atoms with Gasteiger partial charge in [0.25, 0.3) is 0 Å². The molecule has 2 heteroatoms. The van der Waals surface area contributed by atoms with Crippen molar-refractivity contribution in [1.29, 1.82) is 0 Å². The van der Waals surface area contributed by atoms with Crippen LogP contribution >= 0.6 is 0 Å². The maximum absolute atomic E-state index is 10.7. The molecule has 2 nitrogen and oxygen atoms in total. The molecule has 0 spiro atoms. The van der Waals surface area contributed by atoms with E-state index in [1.165, 1.54) is 31.2 Å². The largest absolute Gasteiger partial charge is 0.508 e. The molecule has 4 atom stereocenters. The maximum atomic E-state index is 10.7. The summed E-state index contributed by atoms with van der Waals surface area (Å²) in [5, 5.41) is 10.7. The molecule has 3 aliphatic rings. The quantitative estimate of drug-likeness (QED) is 0.751. The van der Waals surface area contributed by atoms with Gasteiger partial charge >= 0.3 is 0 Å². The van der Waals surface area contributed by atoms with Crippen molar-refractivity contribution in [3.05, 3.63) is 23.3 Å². The molecule has 0 amide bonds. The molecule has 0 unspecified atom stereocenters. The van der Waals surface area contributed by atoms with Crippen LogP contribution in [-0.2, 0) is 6.42 Å².